The molecule has 1 fully saturated rings. The van der Waals surface area contributed by atoms with E-state index < -0.39 is 0 Å². The first kappa shape index (κ1) is 23.3. The first-order valence-corrected chi connectivity index (χ1v) is 12.3. The van der Waals surface area contributed by atoms with Crippen molar-refractivity contribution in [3.05, 3.63) is 70.8 Å². The van der Waals surface area contributed by atoms with Crippen LogP contribution in [-0.2, 0) is 4.79 Å². The summed E-state index contributed by atoms with van der Waals surface area (Å²) in [6.07, 6.45) is 4.82. The van der Waals surface area contributed by atoms with Crippen LogP contribution in [0.1, 0.15) is 38.3 Å². The molecule has 1 aliphatic heterocycles. The molecule has 33 heavy (non-hydrogen) atoms. The van der Waals surface area contributed by atoms with Gasteiger partial charge in [0.25, 0.3) is 5.91 Å². The molecule has 4 rings (SSSR count). The third kappa shape index (κ3) is 4.89. The molecule has 0 unspecified atom stereocenters. The van der Waals surface area contributed by atoms with Crippen molar-refractivity contribution in [3.8, 4) is 22.7 Å². The summed E-state index contributed by atoms with van der Waals surface area (Å²) in [6.45, 7) is 8.75. The van der Waals surface area contributed by atoms with E-state index >= 15 is 0 Å². The fourth-order valence-corrected chi connectivity index (χ4v) is 5.18. The molecule has 0 bridgehead atoms. The van der Waals surface area contributed by atoms with Gasteiger partial charge in [0, 0.05) is 23.4 Å². The van der Waals surface area contributed by atoms with Crippen molar-refractivity contribution < 1.29 is 9.53 Å². The first-order chi connectivity index (χ1) is 15.9. The highest BCUT2D eigenvalue weighted by Crippen LogP contribution is 2.36. The number of thioether (sulfide) groups is 1. The zero-order valence-electron chi connectivity index (χ0n) is 19.2. The SMILES string of the molecule is CCCOc1ccc(-c2nn(-c3ccccc3)cc2C=C2SC(=S)N(C(C)C)C2=O)cc1C. The molecule has 0 aliphatic carbocycles. The lowest BCUT2D eigenvalue weighted by atomic mass is 10.0. The molecule has 0 spiro atoms. The highest BCUT2D eigenvalue weighted by Gasteiger charge is 2.34. The summed E-state index contributed by atoms with van der Waals surface area (Å²) in [6, 6.07) is 16.1. The van der Waals surface area contributed by atoms with Gasteiger partial charge < -0.3 is 4.74 Å². The monoisotopic (exact) mass is 477 g/mol. The lowest BCUT2D eigenvalue weighted by Crippen LogP contribution is -2.34. The number of amides is 1. The Bertz CT molecular complexity index is 1220. The van der Waals surface area contributed by atoms with Crippen LogP contribution in [0.4, 0.5) is 0 Å². The van der Waals surface area contributed by atoms with Crippen LogP contribution in [0.3, 0.4) is 0 Å². The zero-order chi connectivity index (χ0) is 23.5. The number of nitrogens with zero attached hydrogens (tertiary/aromatic N) is 3. The molecule has 3 aromatic rings. The van der Waals surface area contributed by atoms with Gasteiger partial charge >= 0.3 is 0 Å². The molecule has 0 saturated carbocycles. The molecule has 2 heterocycles. The number of hydrogen-bond acceptors (Lipinski definition) is 5. The minimum Gasteiger partial charge on any atom is -0.493 e. The Balaban J connectivity index is 1.79. The Kier molecular flexibility index (Phi) is 7.00. The number of aryl methyl sites for hydroxylation is 1. The average molecular weight is 478 g/mol. The number of carbonyl (C=O) groups is 1. The maximum atomic E-state index is 13.0. The van der Waals surface area contributed by atoms with Gasteiger partial charge in [-0.15, -0.1) is 0 Å². The van der Waals surface area contributed by atoms with Crippen molar-refractivity contribution in [1.29, 1.82) is 0 Å². The van der Waals surface area contributed by atoms with Crippen LogP contribution in [0.15, 0.2) is 59.6 Å². The molecule has 1 saturated heterocycles. The van der Waals surface area contributed by atoms with E-state index in [9.17, 15) is 4.79 Å². The number of hydrogen-bond donors (Lipinski definition) is 0. The average Bonchev–Trinajstić information content (AvgIpc) is 3.34. The van der Waals surface area contributed by atoms with Crippen LogP contribution in [0.2, 0.25) is 0 Å². The predicted molar refractivity (Wildman–Crippen MR) is 140 cm³/mol. The Morgan fingerprint density at radius 1 is 1.18 bits per heavy atom. The van der Waals surface area contributed by atoms with Gasteiger partial charge in [0.05, 0.1) is 17.2 Å². The third-order valence-electron chi connectivity index (χ3n) is 5.30. The molecule has 1 aliphatic rings. The van der Waals surface area contributed by atoms with Crippen LogP contribution in [0, 0.1) is 6.92 Å². The second-order valence-electron chi connectivity index (χ2n) is 8.19. The highest BCUT2D eigenvalue weighted by atomic mass is 32.2. The number of aromatic nitrogens is 2. The molecule has 0 atom stereocenters. The number of thiocarbonyl (C=S) groups is 1. The summed E-state index contributed by atoms with van der Waals surface area (Å²) in [5.41, 5.74) is 4.64. The van der Waals surface area contributed by atoms with Crippen molar-refractivity contribution in [2.24, 2.45) is 0 Å². The van der Waals surface area contributed by atoms with Gasteiger partial charge in [-0.25, -0.2) is 4.68 Å². The van der Waals surface area contributed by atoms with Gasteiger partial charge in [0.2, 0.25) is 0 Å². The van der Waals surface area contributed by atoms with Crippen LogP contribution < -0.4 is 4.74 Å². The van der Waals surface area contributed by atoms with Crippen molar-refractivity contribution in [2.45, 2.75) is 40.2 Å². The Morgan fingerprint density at radius 3 is 2.58 bits per heavy atom. The standard InChI is InChI=1S/C26H27N3O2S2/c1-5-13-31-22-12-11-19(14-18(22)4)24-20(16-28(27-24)21-9-7-6-8-10-21)15-23-25(30)29(17(2)3)26(32)33-23/h6-12,14-17H,5,13H2,1-4H3. The van der Waals surface area contributed by atoms with Crippen molar-refractivity contribution in [3.63, 3.8) is 0 Å². The fraction of sp³-hybridized carbons (Fsp3) is 0.269. The van der Waals surface area contributed by atoms with Crippen LogP contribution in [0.5, 0.6) is 5.75 Å². The van der Waals surface area contributed by atoms with E-state index in [4.69, 9.17) is 22.1 Å². The molecule has 1 amide bonds. The van der Waals surface area contributed by atoms with E-state index in [0.717, 1.165) is 40.2 Å². The number of rotatable bonds is 7. The van der Waals surface area contributed by atoms with Gasteiger partial charge in [0.1, 0.15) is 15.8 Å². The lowest BCUT2D eigenvalue weighted by Gasteiger charge is -2.18. The van der Waals surface area contributed by atoms with E-state index in [1.807, 2.05) is 80.2 Å². The second-order valence-corrected chi connectivity index (χ2v) is 9.86. The predicted octanol–water partition coefficient (Wildman–Crippen LogP) is 6.25. The van der Waals surface area contributed by atoms with E-state index in [1.165, 1.54) is 11.8 Å². The maximum Gasteiger partial charge on any atom is 0.266 e. The second kappa shape index (κ2) is 9.93. The van der Waals surface area contributed by atoms with E-state index in [-0.39, 0.29) is 11.9 Å². The molecular weight excluding hydrogens is 450 g/mol. The summed E-state index contributed by atoms with van der Waals surface area (Å²) >= 11 is 6.79. The molecule has 1 aromatic heterocycles. The molecule has 7 heteroatoms. The molecule has 5 nitrogen and oxygen atoms in total. The topological polar surface area (TPSA) is 47.4 Å². The molecule has 0 N–H and O–H groups in total. The fourth-order valence-electron chi connectivity index (χ4n) is 3.67. The Labute approximate surface area is 204 Å². The first-order valence-electron chi connectivity index (χ1n) is 11.0. The Hall–Kier alpha value is -2.90. The largest absolute Gasteiger partial charge is 0.493 e. The molecule has 170 valence electrons. The summed E-state index contributed by atoms with van der Waals surface area (Å²) in [4.78, 5) is 15.3. The lowest BCUT2D eigenvalue weighted by molar-refractivity contribution is -0.123. The maximum absolute atomic E-state index is 13.0. The quantitative estimate of drug-likeness (QED) is 0.297. The number of benzene rings is 2. The smallest absolute Gasteiger partial charge is 0.266 e. The van der Waals surface area contributed by atoms with Crippen molar-refractivity contribution in [1.82, 2.24) is 14.7 Å². The molecule has 2 aromatic carbocycles. The van der Waals surface area contributed by atoms with Gasteiger partial charge in [-0.2, -0.15) is 5.10 Å². The number of para-hydroxylation sites is 1. The number of carbonyl (C=O) groups excluding carboxylic acids is 1. The van der Waals surface area contributed by atoms with Gasteiger partial charge in [-0.3, -0.25) is 9.69 Å². The molecular formula is C26H27N3O2S2. The minimum atomic E-state index is -0.0575. The zero-order valence-corrected chi connectivity index (χ0v) is 20.9. The van der Waals surface area contributed by atoms with Gasteiger partial charge in [-0.1, -0.05) is 49.1 Å². The normalized spacial score (nSPS) is 15.2. The highest BCUT2D eigenvalue weighted by molar-refractivity contribution is 8.26. The number of ether oxygens (including phenoxy) is 1. The van der Waals surface area contributed by atoms with Crippen LogP contribution in [0.25, 0.3) is 23.0 Å². The van der Waals surface area contributed by atoms with Crippen molar-refractivity contribution >= 4 is 40.3 Å². The summed E-state index contributed by atoms with van der Waals surface area (Å²) in [5, 5.41) is 4.89. The van der Waals surface area contributed by atoms with E-state index in [2.05, 4.69) is 13.0 Å². The summed E-state index contributed by atoms with van der Waals surface area (Å²) in [5.74, 6) is 0.820. The Morgan fingerprint density at radius 2 is 1.94 bits per heavy atom. The van der Waals surface area contributed by atoms with Gasteiger partial charge in [0.15, 0.2) is 0 Å². The molecule has 0 radical (unpaired) electrons. The minimum absolute atomic E-state index is 0.0215. The van der Waals surface area contributed by atoms with Gasteiger partial charge in [-0.05, 0) is 69.2 Å². The van der Waals surface area contributed by atoms with Crippen LogP contribution in [-0.4, -0.2) is 37.6 Å². The summed E-state index contributed by atoms with van der Waals surface area (Å²) in [7, 11) is 0. The van der Waals surface area contributed by atoms with E-state index in [0.29, 0.717) is 15.8 Å². The summed E-state index contributed by atoms with van der Waals surface area (Å²) < 4.78 is 8.28. The third-order valence-corrected chi connectivity index (χ3v) is 6.63. The van der Waals surface area contributed by atoms with Crippen molar-refractivity contribution in [2.75, 3.05) is 6.61 Å². The van der Waals surface area contributed by atoms with E-state index in [1.54, 1.807) is 4.90 Å². The van der Waals surface area contributed by atoms with Crippen LogP contribution >= 0.6 is 24.0 Å².